The van der Waals surface area contributed by atoms with Crippen molar-refractivity contribution in [2.24, 2.45) is 10.9 Å². The lowest BCUT2D eigenvalue weighted by Gasteiger charge is -2.30. The highest BCUT2D eigenvalue weighted by atomic mass is 127. The molecule has 1 aliphatic heterocycles. The van der Waals surface area contributed by atoms with Crippen LogP contribution in [0.2, 0.25) is 0 Å². The molecule has 1 saturated heterocycles. The molecule has 1 saturated carbocycles. The zero-order chi connectivity index (χ0) is 16.7. The molecule has 0 radical (unpaired) electrons. The molecule has 1 aliphatic carbocycles. The van der Waals surface area contributed by atoms with Gasteiger partial charge >= 0.3 is 6.03 Å². The maximum Gasteiger partial charge on any atom is 0.324 e. The van der Waals surface area contributed by atoms with Gasteiger partial charge in [0.1, 0.15) is 0 Å². The fourth-order valence-corrected chi connectivity index (χ4v) is 3.36. The van der Waals surface area contributed by atoms with E-state index in [0.29, 0.717) is 19.1 Å². The number of hydrogen-bond donors (Lipinski definition) is 3. The molecule has 0 unspecified atom stereocenters. The summed E-state index contributed by atoms with van der Waals surface area (Å²) >= 11 is 0. The van der Waals surface area contributed by atoms with Crippen LogP contribution in [0, 0.1) is 5.92 Å². The Bertz CT molecular complexity index is 434. The number of nitrogens with one attached hydrogen (secondary N) is 3. The summed E-state index contributed by atoms with van der Waals surface area (Å²) in [6.45, 7) is 3.22. The first kappa shape index (κ1) is 21.0. The molecule has 3 N–H and O–H groups in total. The maximum absolute atomic E-state index is 11.5. The van der Waals surface area contributed by atoms with Gasteiger partial charge in [0.05, 0.1) is 6.54 Å². The molecule has 0 atom stereocenters. The molecule has 3 amide bonds. The van der Waals surface area contributed by atoms with E-state index in [4.69, 9.17) is 0 Å². The largest absolute Gasteiger partial charge is 0.355 e. The molecule has 138 valence electrons. The molecule has 0 bridgehead atoms. The summed E-state index contributed by atoms with van der Waals surface area (Å²) in [6, 6.07) is 0.153. The number of amides is 3. The highest BCUT2D eigenvalue weighted by Gasteiger charge is 2.27. The van der Waals surface area contributed by atoms with Gasteiger partial charge in [0.2, 0.25) is 5.91 Å². The third-order valence-corrected chi connectivity index (χ3v) is 4.67. The van der Waals surface area contributed by atoms with Crippen molar-refractivity contribution in [2.45, 2.75) is 51.5 Å². The van der Waals surface area contributed by atoms with Gasteiger partial charge < -0.3 is 16.0 Å². The summed E-state index contributed by atoms with van der Waals surface area (Å²) in [5, 5.41) is 9.15. The van der Waals surface area contributed by atoms with E-state index >= 15 is 0 Å². The van der Waals surface area contributed by atoms with Gasteiger partial charge in [-0.05, 0) is 31.6 Å². The zero-order valence-corrected chi connectivity index (χ0v) is 17.0. The predicted molar refractivity (Wildman–Crippen MR) is 106 cm³/mol. The van der Waals surface area contributed by atoms with Crippen LogP contribution in [0.4, 0.5) is 4.79 Å². The molecule has 2 aliphatic rings. The van der Waals surface area contributed by atoms with E-state index in [-0.39, 0.29) is 42.5 Å². The summed E-state index contributed by atoms with van der Waals surface area (Å²) in [5.41, 5.74) is 0. The molecule has 8 heteroatoms. The first-order valence-electron chi connectivity index (χ1n) is 8.69. The number of aliphatic imine (C=N–C) groups is 1. The van der Waals surface area contributed by atoms with Crippen molar-refractivity contribution in [1.29, 1.82) is 0 Å². The molecule has 2 fully saturated rings. The SMILES string of the molecule is CCCC1CCC(NC(=NC)NCCN2C(=O)CNC2=O)CC1.I. The van der Waals surface area contributed by atoms with Crippen molar-refractivity contribution >= 4 is 41.9 Å². The zero-order valence-electron chi connectivity index (χ0n) is 14.6. The van der Waals surface area contributed by atoms with Crippen molar-refractivity contribution in [3.63, 3.8) is 0 Å². The molecule has 0 aromatic carbocycles. The number of nitrogens with zero attached hydrogens (tertiary/aromatic N) is 2. The minimum atomic E-state index is -0.311. The van der Waals surface area contributed by atoms with Crippen LogP contribution in [-0.2, 0) is 4.79 Å². The summed E-state index contributed by atoms with van der Waals surface area (Å²) in [6.07, 6.45) is 7.53. The highest BCUT2D eigenvalue weighted by Crippen LogP contribution is 2.27. The molecule has 1 heterocycles. The van der Waals surface area contributed by atoms with E-state index in [0.717, 1.165) is 11.9 Å². The van der Waals surface area contributed by atoms with Gasteiger partial charge in [-0.25, -0.2) is 4.79 Å². The monoisotopic (exact) mass is 451 g/mol. The molecule has 7 nitrogen and oxygen atoms in total. The Morgan fingerprint density at radius 2 is 2.00 bits per heavy atom. The number of carbonyl (C=O) groups excluding carboxylic acids is 2. The second-order valence-electron chi connectivity index (χ2n) is 6.35. The predicted octanol–water partition coefficient (Wildman–Crippen LogP) is 1.68. The van der Waals surface area contributed by atoms with Crippen LogP contribution in [0.15, 0.2) is 4.99 Å². The Morgan fingerprint density at radius 3 is 2.54 bits per heavy atom. The van der Waals surface area contributed by atoms with Gasteiger partial charge in [0.25, 0.3) is 0 Å². The average Bonchev–Trinajstić information content (AvgIpc) is 2.87. The van der Waals surface area contributed by atoms with Crippen LogP contribution in [-0.4, -0.2) is 55.5 Å². The number of imide groups is 1. The van der Waals surface area contributed by atoms with Gasteiger partial charge in [-0.15, -0.1) is 24.0 Å². The third-order valence-electron chi connectivity index (χ3n) is 4.67. The van der Waals surface area contributed by atoms with Gasteiger partial charge in [0, 0.05) is 26.2 Å². The van der Waals surface area contributed by atoms with Crippen LogP contribution >= 0.6 is 24.0 Å². The number of halogens is 1. The lowest BCUT2D eigenvalue weighted by molar-refractivity contribution is -0.124. The van der Waals surface area contributed by atoms with Crippen molar-refractivity contribution in [3.8, 4) is 0 Å². The van der Waals surface area contributed by atoms with E-state index in [1.165, 1.54) is 43.4 Å². The lowest BCUT2D eigenvalue weighted by Crippen LogP contribution is -2.47. The normalized spacial score (nSPS) is 24.4. The van der Waals surface area contributed by atoms with Crippen molar-refractivity contribution in [3.05, 3.63) is 0 Å². The summed E-state index contributed by atoms with van der Waals surface area (Å²) in [4.78, 5) is 28.4. The van der Waals surface area contributed by atoms with E-state index in [2.05, 4.69) is 27.9 Å². The molecule has 2 rings (SSSR count). The lowest BCUT2D eigenvalue weighted by atomic mass is 9.83. The van der Waals surface area contributed by atoms with E-state index < -0.39 is 0 Å². The standard InChI is InChI=1S/C16H29N5O2.HI/c1-3-4-12-5-7-13(8-6-12)20-15(17-2)18-9-10-21-14(22)11-19-16(21)23;/h12-13H,3-11H2,1-2H3,(H,19,23)(H2,17,18,20);1H. The van der Waals surface area contributed by atoms with Crippen LogP contribution < -0.4 is 16.0 Å². The Balaban J connectivity index is 0.00000288. The van der Waals surface area contributed by atoms with Crippen LogP contribution in [0.25, 0.3) is 0 Å². The summed E-state index contributed by atoms with van der Waals surface area (Å²) in [5.74, 6) is 1.46. The number of hydrogen-bond acceptors (Lipinski definition) is 3. The van der Waals surface area contributed by atoms with Crippen LogP contribution in [0.1, 0.15) is 45.4 Å². The number of rotatable bonds is 6. The van der Waals surface area contributed by atoms with Gasteiger partial charge in [-0.3, -0.25) is 14.7 Å². The average molecular weight is 451 g/mol. The van der Waals surface area contributed by atoms with Gasteiger partial charge in [-0.1, -0.05) is 19.8 Å². The molecule has 24 heavy (non-hydrogen) atoms. The van der Waals surface area contributed by atoms with Crippen molar-refractivity contribution < 1.29 is 9.59 Å². The molecule has 0 spiro atoms. The van der Waals surface area contributed by atoms with Crippen LogP contribution in [0.3, 0.4) is 0 Å². The Labute approximate surface area is 161 Å². The fourth-order valence-electron chi connectivity index (χ4n) is 3.36. The highest BCUT2D eigenvalue weighted by molar-refractivity contribution is 14.0. The number of guanidine groups is 1. The smallest absolute Gasteiger partial charge is 0.324 e. The molecule has 0 aromatic rings. The maximum atomic E-state index is 11.5. The first-order chi connectivity index (χ1) is 11.1. The second kappa shape index (κ2) is 10.7. The van der Waals surface area contributed by atoms with E-state index in [1.807, 2.05) is 0 Å². The van der Waals surface area contributed by atoms with E-state index in [9.17, 15) is 9.59 Å². The van der Waals surface area contributed by atoms with Gasteiger partial charge in [-0.2, -0.15) is 0 Å². The quantitative estimate of drug-likeness (QED) is 0.248. The summed E-state index contributed by atoms with van der Waals surface area (Å²) in [7, 11) is 1.74. The minimum absolute atomic E-state index is 0. The number of urea groups is 1. The first-order valence-corrected chi connectivity index (χ1v) is 8.69. The minimum Gasteiger partial charge on any atom is -0.355 e. The van der Waals surface area contributed by atoms with Gasteiger partial charge in [0.15, 0.2) is 5.96 Å². The Kier molecular flexibility index (Phi) is 9.38. The van der Waals surface area contributed by atoms with Crippen LogP contribution in [0.5, 0.6) is 0 Å². The fraction of sp³-hybridized carbons (Fsp3) is 0.812. The van der Waals surface area contributed by atoms with Crippen molar-refractivity contribution in [2.75, 3.05) is 26.7 Å². The Morgan fingerprint density at radius 1 is 1.29 bits per heavy atom. The topological polar surface area (TPSA) is 85.8 Å². The third kappa shape index (κ3) is 6.10. The number of carbonyl (C=O) groups is 2. The Hall–Kier alpha value is -1.06. The second-order valence-corrected chi connectivity index (χ2v) is 6.35. The summed E-state index contributed by atoms with van der Waals surface area (Å²) < 4.78 is 0. The van der Waals surface area contributed by atoms with Crippen molar-refractivity contribution in [1.82, 2.24) is 20.9 Å². The molecule has 0 aromatic heterocycles. The molecular formula is C16H30IN5O2. The van der Waals surface area contributed by atoms with E-state index in [1.54, 1.807) is 7.05 Å². The molecular weight excluding hydrogens is 421 g/mol.